The summed E-state index contributed by atoms with van der Waals surface area (Å²) in [7, 11) is 0. The average Bonchev–Trinajstić information content (AvgIpc) is 2.97. The van der Waals surface area contributed by atoms with Gasteiger partial charge in [0.1, 0.15) is 22.2 Å². The van der Waals surface area contributed by atoms with E-state index in [1.807, 2.05) is 42.2 Å². The summed E-state index contributed by atoms with van der Waals surface area (Å²) in [5, 5.41) is 9.19. The Bertz CT molecular complexity index is 729. The molecule has 0 unspecified atom stereocenters. The number of aliphatic hydroxyl groups excluding tert-OH is 1. The summed E-state index contributed by atoms with van der Waals surface area (Å²) in [4.78, 5) is 10.8. The van der Waals surface area contributed by atoms with Gasteiger partial charge in [0.05, 0.1) is 6.61 Å². The van der Waals surface area contributed by atoms with Crippen molar-refractivity contribution in [2.24, 2.45) is 0 Å². The molecule has 1 N–H and O–H groups in total. The lowest BCUT2D eigenvalue weighted by Crippen LogP contribution is -2.27. The Morgan fingerprint density at radius 2 is 2.00 bits per heavy atom. The van der Waals surface area contributed by atoms with Gasteiger partial charge >= 0.3 is 0 Å². The lowest BCUT2D eigenvalue weighted by atomic mass is 10.1. The molecule has 0 amide bonds. The Balaban J connectivity index is 2.12. The summed E-state index contributed by atoms with van der Waals surface area (Å²) in [5.41, 5.74) is 2.81. The van der Waals surface area contributed by atoms with Crippen LogP contribution in [0.1, 0.15) is 6.92 Å². The van der Waals surface area contributed by atoms with Crippen molar-refractivity contribution < 1.29 is 5.11 Å². The zero-order chi connectivity index (χ0) is 14.7. The number of likely N-dealkylation sites (N-methyl/N-ethyl adjacent to an activating group) is 1. The van der Waals surface area contributed by atoms with Crippen LogP contribution < -0.4 is 4.90 Å². The van der Waals surface area contributed by atoms with Crippen molar-refractivity contribution in [1.29, 1.82) is 0 Å². The van der Waals surface area contributed by atoms with Gasteiger partial charge in [0.15, 0.2) is 5.82 Å². The van der Waals surface area contributed by atoms with E-state index >= 15 is 0 Å². The first-order valence-electron chi connectivity index (χ1n) is 6.86. The molecule has 0 aliphatic rings. The fourth-order valence-corrected chi connectivity index (χ4v) is 3.17. The number of fused-ring (bicyclic) bond motifs is 1. The van der Waals surface area contributed by atoms with Crippen LogP contribution in [0.25, 0.3) is 21.5 Å². The molecule has 6 heteroatoms. The standard InChI is InChI=1S/C15H16N4OS/c1-2-19(8-9-20)15-14-13(16-10-17-15)12(18-21-14)11-6-4-3-5-7-11/h3-7,10,20H,2,8-9H2,1H3. The Kier molecular flexibility index (Phi) is 4.08. The second-order valence-corrected chi connectivity index (χ2v) is 5.35. The number of aliphatic hydroxyl groups is 1. The highest BCUT2D eigenvalue weighted by atomic mass is 32.1. The number of aromatic nitrogens is 3. The average molecular weight is 300 g/mol. The molecule has 2 heterocycles. The molecule has 0 aliphatic heterocycles. The van der Waals surface area contributed by atoms with Gasteiger partial charge in [-0.15, -0.1) is 0 Å². The van der Waals surface area contributed by atoms with Gasteiger partial charge in [-0.05, 0) is 18.5 Å². The normalized spacial score (nSPS) is 11.0. The summed E-state index contributed by atoms with van der Waals surface area (Å²) in [5.74, 6) is 0.844. The summed E-state index contributed by atoms with van der Waals surface area (Å²) in [6, 6.07) is 10.0. The Morgan fingerprint density at radius 1 is 1.19 bits per heavy atom. The molecule has 108 valence electrons. The maximum Gasteiger partial charge on any atom is 0.151 e. The SMILES string of the molecule is CCN(CCO)c1ncnc2c(-c3ccccc3)nsc12. The minimum Gasteiger partial charge on any atom is -0.395 e. The van der Waals surface area contributed by atoms with E-state index in [0.717, 1.165) is 33.8 Å². The molecule has 0 fully saturated rings. The quantitative estimate of drug-likeness (QED) is 0.784. The first kappa shape index (κ1) is 13.9. The summed E-state index contributed by atoms with van der Waals surface area (Å²) in [6.45, 7) is 3.48. The Hall–Kier alpha value is -2.05. The summed E-state index contributed by atoms with van der Waals surface area (Å²) < 4.78 is 5.52. The third-order valence-corrected chi connectivity index (χ3v) is 4.17. The van der Waals surface area contributed by atoms with Gasteiger partial charge < -0.3 is 10.0 Å². The van der Waals surface area contributed by atoms with Crippen LogP contribution in [0, 0.1) is 0 Å². The van der Waals surface area contributed by atoms with Crippen LogP contribution in [0.5, 0.6) is 0 Å². The maximum absolute atomic E-state index is 9.19. The predicted octanol–water partition coefficient (Wildman–Crippen LogP) is 2.57. The molecule has 21 heavy (non-hydrogen) atoms. The number of hydrogen-bond acceptors (Lipinski definition) is 6. The lowest BCUT2D eigenvalue weighted by Gasteiger charge is -2.20. The van der Waals surface area contributed by atoms with Crippen molar-refractivity contribution in [2.75, 3.05) is 24.6 Å². The Labute approximate surface area is 127 Å². The predicted molar refractivity (Wildman–Crippen MR) is 85.6 cm³/mol. The van der Waals surface area contributed by atoms with E-state index in [2.05, 4.69) is 14.3 Å². The van der Waals surface area contributed by atoms with Crippen molar-refractivity contribution in [1.82, 2.24) is 14.3 Å². The molecule has 0 spiro atoms. The van der Waals surface area contributed by atoms with Crippen molar-refractivity contribution in [2.45, 2.75) is 6.92 Å². The zero-order valence-corrected chi connectivity index (χ0v) is 12.5. The molecule has 3 rings (SSSR count). The molecule has 1 aromatic carbocycles. The molecule has 0 radical (unpaired) electrons. The minimum absolute atomic E-state index is 0.101. The number of anilines is 1. The largest absolute Gasteiger partial charge is 0.395 e. The van der Waals surface area contributed by atoms with Crippen LogP contribution in [-0.4, -0.2) is 39.1 Å². The molecular weight excluding hydrogens is 284 g/mol. The monoisotopic (exact) mass is 300 g/mol. The van der Waals surface area contributed by atoms with Crippen molar-refractivity contribution >= 4 is 27.6 Å². The van der Waals surface area contributed by atoms with Crippen LogP contribution in [0.2, 0.25) is 0 Å². The highest BCUT2D eigenvalue weighted by Crippen LogP contribution is 2.33. The third-order valence-electron chi connectivity index (χ3n) is 3.34. The maximum atomic E-state index is 9.19. The van der Waals surface area contributed by atoms with Gasteiger partial charge in [-0.1, -0.05) is 30.3 Å². The van der Waals surface area contributed by atoms with Gasteiger partial charge in [-0.3, -0.25) is 0 Å². The molecule has 0 saturated carbocycles. The van der Waals surface area contributed by atoms with E-state index in [0.29, 0.717) is 6.54 Å². The topological polar surface area (TPSA) is 62.1 Å². The smallest absolute Gasteiger partial charge is 0.151 e. The first-order valence-corrected chi connectivity index (χ1v) is 7.64. The van der Waals surface area contributed by atoms with Crippen LogP contribution in [0.4, 0.5) is 5.82 Å². The van der Waals surface area contributed by atoms with E-state index in [1.54, 1.807) is 6.33 Å². The number of hydrogen-bond donors (Lipinski definition) is 1. The third kappa shape index (κ3) is 2.59. The molecule has 2 aromatic heterocycles. The fourth-order valence-electron chi connectivity index (χ4n) is 2.30. The molecule has 0 aliphatic carbocycles. The first-order chi connectivity index (χ1) is 10.3. The molecular formula is C15H16N4OS. The fraction of sp³-hybridized carbons (Fsp3) is 0.267. The van der Waals surface area contributed by atoms with Crippen LogP contribution in [-0.2, 0) is 0 Å². The van der Waals surface area contributed by atoms with Crippen molar-refractivity contribution in [3.63, 3.8) is 0 Å². The lowest BCUT2D eigenvalue weighted by molar-refractivity contribution is 0.302. The van der Waals surface area contributed by atoms with Gasteiger partial charge in [0.2, 0.25) is 0 Å². The summed E-state index contributed by atoms with van der Waals surface area (Å²) in [6.07, 6.45) is 1.57. The van der Waals surface area contributed by atoms with Gasteiger partial charge in [-0.25, -0.2) is 9.97 Å². The molecule has 3 aromatic rings. The van der Waals surface area contributed by atoms with Gasteiger partial charge in [0, 0.05) is 18.7 Å². The van der Waals surface area contributed by atoms with Gasteiger partial charge in [0.25, 0.3) is 0 Å². The number of nitrogens with zero attached hydrogens (tertiary/aromatic N) is 4. The Morgan fingerprint density at radius 3 is 2.71 bits per heavy atom. The van der Waals surface area contributed by atoms with E-state index < -0.39 is 0 Å². The van der Waals surface area contributed by atoms with Crippen molar-refractivity contribution in [3.05, 3.63) is 36.7 Å². The van der Waals surface area contributed by atoms with Crippen molar-refractivity contribution in [3.8, 4) is 11.3 Å². The second-order valence-electron chi connectivity index (χ2n) is 4.58. The van der Waals surface area contributed by atoms with Crippen LogP contribution in [0.3, 0.4) is 0 Å². The van der Waals surface area contributed by atoms with Crippen LogP contribution >= 0.6 is 11.5 Å². The van der Waals surface area contributed by atoms with E-state index in [9.17, 15) is 5.11 Å². The molecule has 0 saturated heterocycles. The van der Waals surface area contributed by atoms with Crippen LogP contribution in [0.15, 0.2) is 36.7 Å². The highest BCUT2D eigenvalue weighted by molar-refractivity contribution is 7.14. The molecule has 0 bridgehead atoms. The van der Waals surface area contributed by atoms with E-state index in [-0.39, 0.29) is 6.61 Å². The second kappa shape index (κ2) is 6.15. The zero-order valence-electron chi connectivity index (χ0n) is 11.7. The number of rotatable bonds is 5. The molecule has 5 nitrogen and oxygen atoms in total. The van der Waals surface area contributed by atoms with E-state index in [1.165, 1.54) is 11.5 Å². The minimum atomic E-state index is 0.101. The molecule has 0 atom stereocenters. The van der Waals surface area contributed by atoms with Gasteiger partial charge in [-0.2, -0.15) is 4.37 Å². The van der Waals surface area contributed by atoms with E-state index in [4.69, 9.17) is 0 Å². The number of benzene rings is 1. The highest BCUT2D eigenvalue weighted by Gasteiger charge is 2.16. The summed E-state index contributed by atoms with van der Waals surface area (Å²) >= 11 is 1.41.